The molecule has 0 spiro atoms. The molecule has 0 saturated carbocycles. The summed E-state index contributed by atoms with van der Waals surface area (Å²) in [6.45, 7) is 1.57. The van der Waals surface area contributed by atoms with Gasteiger partial charge in [0, 0.05) is 6.42 Å². The van der Waals surface area contributed by atoms with Crippen molar-refractivity contribution < 1.29 is 19.8 Å². The van der Waals surface area contributed by atoms with Gasteiger partial charge in [-0.25, -0.2) is 4.79 Å². The molecule has 0 heterocycles. The number of amides is 1. The largest absolute Gasteiger partial charge is 0.508 e. The summed E-state index contributed by atoms with van der Waals surface area (Å²) in [4.78, 5) is 22.5. The van der Waals surface area contributed by atoms with E-state index in [9.17, 15) is 9.59 Å². The van der Waals surface area contributed by atoms with Crippen LogP contribution in [0.25, 0.3) is 0 Å². The first-order chi connectivity index (χ1) is 8.40. The first kappa shape index (κ1) is 14.4. The van der Waals surface area contributed by atoms with E-state index in [4.69, 9.17) is 10.2 Å². The standard InChI is InChI=1S/C12H15NO4S/c1-7(18)11(15)13-10(12(16)17)6-8-2-4-9(14)5-3-8/h2-5,7,10,14,18H,6H2,1H3,(H,13,15)(H,16,17). The molecule has 1 aromatic carbocycles. The van der Waals surface area contributed by atoms with Crippen molar-refractivity contribution in [3.63, 3.8) is 0 Å². The van der Waals surface area contributed by atoms with Gasteiger partial charge in [-0.2, -0.15) is 12.6 Å². The fraction of sp³-hybridized carbons (Fsp3) is 0.333. The van der Waals surface area contributed by atoms with Crippen molar-refractivity contribution in [1.82, 2.24) is 5.32 Å². The number of carbonyl (C=O) groups excluding carboxylic acids is 1. The van der Waals surface area contributed by atoms with Crippen LogP contribution in [-0.2, 0) is 16.0 Å². The minimum Gasteiger partial charge on any atom is -0.508 e. The second kappa shape index (κ2) is 6.30. The fourth-order valence-electron chi connectivity index (χ4n) is 1.36. The number of carboxylic acids is 1. The van der Waals surface area contributed by atoms with E-state index in [1.165, 1.54) is 12.1 Å². The van der Waals surface area contributed by atoms with Crippen LogP contribution in [0.1, 0.15) is 12.5 Å². The minimum atomic E-state index is -1.11. The molecule has 0 bridgehead atoms. The van der Waals surface area contributed by atoms with Crippen LogP contribution in [0.4, 0.5) is 0 Å². The molecule has 3 N–H and O–H groups in total. The zero-order chi connectivity index (χ0) is 13.7. The topological polar surface area (TPSA) is 86.6 Å². The number of benzene rings is 1. The zero-order valence-electron chi connectivity index (χ0n) is 9.83. The average molecular weight is 269 g/mol. The molecular weight excluding hydrogens is 254 g/mol. The van der Waals surface area contributed by atoms with Crippen molar-refractivity contribution in [2.45, 2.75) is 24.6 Å². The monoisotopic (exact) mass is 269 g/mol. The van der Waals surface area contributed by atoms with E-state index in [1.807, 2.05) is 0 Å². The Morgan fingerprint density at radius 3 is 2.33 bits per heavy atom. The maximum absolute atomic E-state index is 11.4. The van der Waals surface area contributed by atoms with Gasteiger partial charge in [-0.15, -0.1) is 0 Å². The molecular formula is C12H15NO4S. The number of carboxylic acid groups (broad SMARTS) is 1. The summed E-state index contributed by atoms with van der Waals surface area (Å²) in [7, 11) is 0. The number of rotatable bonds is 5. The maximum Gasteiger partial charge on any atom is 0.326 e. The molecule has 0 saturated heterocycles. The SMILES string of the molecule is CC(S)C(=O)NC(Cc1ccc(O)cc1)C(=O)O. The van der Waals surface area contributed by atoms with Gasteiger partial charge in [0.15, 0.2) is 0 Å². The third-order valence-electron chi connectivity index (χ3n) is 2.37. The van der Waals surface area contributed by atoms with Crippen LogP contribution in [0, 0.1) is 0 Å². The van der Waals surface area contributed by atoms with E-state index in [2.05, 4.69) is 17.9 Å². The van der Waals surface area contributed by atoms with Gasteiger partial charge in [-0.05, 0) is 24.6 Å². The predicted molar refractivity (Wildman–Crippen MR) is 69.8 cm³/mol. The third kappa shape index (κ3) is 4.29. The molecule has 2 atom stereocenters. The molecule has 1 amide bonds. The summed E-state index contributed by atoms with van der Waals surface area (Å²) in [6, 6.07) is 5.16. The van der Waals surface area contributed by atoms with Crippen molar-refractivity contribution >= 4 is 24.5 Å². The Hall–Kier alpha value is -1.69. The number of carbonyl (C=O) groups is 2. The van der Waals surface area contributed by atoms with Crippen molar-refractivity contribution in [2.24, 2.45) is 0 Å². The lowest BCUT2D eigenvalue weighted by atomic mass is 10.1. The third-order valence-corrected chi connectivity index (χ3v) is 2.60. The molecule has 0 aliphatic rings. The molecule has 1 aromatic rings. The molecule has 0 aromatic heterocycles. The fourth-order valence-corrected chi connectivity index (χ4v) is 1.43. The van der Waals surface area contributed by atoms with Crippen LogP contribution in [0.2, 0.25) is 0 Å². The zero-order valence-corrected chi connectivity index (χ0v) is 10.7. The summed E-state index contributed by atoms with van der Waals surface area (Å²) in [5.74, 6) is -1.42. The molecule has 0 radical (unpaired) electrons. The molecule has 2 unspecified atom stereocenters. The molecule has 98 valence electrons. The molecule has 5 nitrogen and oxygen atoms in total. The number of aliphatic carboxylic acids is 1. The second-order valence-corrected chi connectivity index (χ2v) is 4.72. The van der Waals surface area contributed by atoms with E-state index in [-0.39, 0.29) is 12.2 Å². The first-order valence-electron chi connectivity index (χ1n) is 5.39. The Morgan fingerprint density at radius 2 is 1.89 bits per heavy atom. The minimum absolute atomic E-state index is 0.110. The summed E-state index contributed by atoms with van der Waals surface area (Å²) in [5, 5.41) is 20.0. The highest BCUT2D eigenvalue weighted by Gasteiger charge is 2.21. The van der Waals surface area contributed by atoms with E-state index in [1.54, 1.807) is 19.1 Å². The highest BCUT2D eigenvalue weighted by atomic mass is 32.1. The summed E-state index contributed by atoms with van der Waals surface area (Å²) < 4.78 is 0. The number of aromatic hydroxyl groups is 1. The van der Waals surface area contributed by atoms with Gasteiger partial charge in [0.25, 0.3) is 0 Å². The summed E-state index contributed by atoms with van der Waals surface area (Å²) >= 11 is 3.94. The molecule has 1 rings (SSSR count). The van der Waals surface area contributed by atoms with Crippen molar-refractivity contribution in [2.75, 3.05) is 0 Å². The van der Waals surface area contributed by atoms with Crippen LogP contribution in [0.3, 0.4) is 0 Å². The van der Waals surface area contributed by atoms with Crippen LogP contribution in [-0.4, -0.2) is 33.4 Å². The number of thiol groups is 1. The highest BCUT2D eigenvalue weighted by molar-refractivity contribution is 7.81. The lowest BCUT2D eigenvalue weighted by Crippen LogP contribution is -2.44. The first-order valence-corrected chi connectivity index (χ1v) is 5.91. The summed E-state index contributed by atoms with van der Waals surface area (Å²) in [5.41, 5.74) is 0.715. The Labute approximate surface area is 110 Å². The smallest absolute Gasteiger partial charge is 0.326 e. The van der Waals surface area contributed by atoms with Gasteiger partial charge in [-0.1, -0.05) is 12.1 Å². The van der Waals surface area contributed by atoms with Gasteiger partial charge < -0.3 is 15.5 Å². The van der Waals surface area contributed by atoms with Crippen molar-refractivity contribution in [3.05, 3.63) is 29.8 Å². The van der Waals surface area contributed by atoms with E-state index >= 15 is 0 Å². The molecule has 0 aliphatic heterocycles. The van der Waals surface area contributed by atoms with Crippen LogP contribution in [0.15, 0.2) is 24.3 Å². The average Bonchev–Trinajstić information content (AvgIpc) is 2.30. The van der Waals surface area contributed by atoms with E-state index in [0.717, 1.165) is 0 Å². The van der Waals surface area contributed by atoms with Gasteiger partial charge in [0.05, 0.1) is 5.25 Å². The van der Waals surface area contributed by atoms with E-state index < -0.39 is 23.2 Å². The van der Waals surface area contributed by atoms with Gasteiger partial charge in [-0.3, -0.25) is 4.79 Å². The number of phenols is 1. The van der Waals surface area contributed by atoms with E-state index in [0.29, 0.717) is 5.56 Å². The number of phenolic OH excluding ortho intramolecular Hbond substituents is 1. The molecule has 0 fully saturated rings. The van der Waals surface area contributed by atoms with Crippen LogP contribution in [0.5, 0.6) is 5.75 Å². The maximum atomic E-state index is 11.4. The van der Waals surface area contributed by atoms with Gasteiger partial charge in [0.1, 0.15) is 11.8 Å². The van der Waals surface area contributed by atoms with Crippen LogP contribution < -0.4 is 5.32 Å². The Balaban J connectivity index is 2.72. The normalized spacial score (nSPS) is 13.7. The lowest BCUT2D eigenvalue weighted by molar-refractivity contribution is -0.141. The van der Waals surface area contributed by atoms with Gasteiger partial charge in [0.2, 0.25) is 5.91 Å². The quantitative estimate of drug-likeness (QED) is 0.596. The second-order valence-electron chi connectivity index (χ2n) is 3.95. The lowest BCUT2D eigenvalue weighted by Gasteiger charge is -2.15. The highest BCUT2D eigenvalue weighted by Crippen LogP contribution is 2.11. The van der Waals surface area contributed by atoms with Crippen molar-refractivity contribution in [3.8, 4) is 5.75 Å². The Bertz CT molecular complexity index is 430. The Morgan fingerprint density at radius 1 is 1.33 bits per heavy atom. The molecule has 18 heavy (non-hydrogen) atoms. The number of hydrogen-bond donors (Lipinski definition) is 4. The molecule has 6 heteroatoms. The number of hydrogen-bond acceptors (Lipinski definition) is 4. The molecule has 0 aliphatic carbocycles. The van der Waals surface area contributed by atoms with Crippen LogP contribution >= 0.6 is 12.6 Å². The van der Waals surface area contributed by atoms with Gasteiger partial charge >= 0.3 is 5.97 Å². The number of nitrogens with one attached hydrogen (secondary N) is 1. The Kier molecular flexibility index (Phi) is 5.03. The predicted octanol–water partition coefficient (Wildman–Crippen LogP) is 0.822. The van der Waals surface area contributed by atoms with Crippen molar-refractivity contribution in [1.29, 1.82) is 0 Å². The summed E-state index contributed by atoms with van der Waals surface area (Å²) in [6.07, 6.45) is 0.155.